The molecule has 0 aromatic heterocycles. The summed E-state index contributed by atoms with van der Waals surface area (Å²) in [5.74, 6) is -0.259. The van der Waals surface area contributed by atoms with E-state index in [1.165, 1.54) is 7.11 Å². The number of carbonyl (C=O) groups is 2. The molecular formula is C7H13NO4. The first-order valence-electron chi connectivity index (χ1n) is 3.70. The second-order valence-electron chi connectivity index (χ2n) is 2.27. The molecular weight excluding hydrogens is 162 g/mol. The molecule has 1 amide bonds. The van der Waals surface area contributed by atoms with E-state index >= 15 is 0 Å². The molecule has 0 atom stereocenters. The van der Waals surface area contributed by atoms with Crippen LogP contribution in [0.4, 0.5) is 4.79 Å². The third kappa shape index (κ3) is 6.85. The standard InChI is InChI=1S/C7H13NO4/c1-12-6(9)4-2-3-5-8-7(10)11/h8H,2-5H2,1H3,(H,10,11). The van der Waals surface area contributed by atoms with E-state index in [0.29, 0.717) is 25.8 Å². The van der Waals surface area contributed by atoms with E-state index < -0.39 is 6.09 Å². The second kappa shape index (κ2) is 6.45. The number of rotatable bonds is 5. The van der Waals surface area contributed by atoms with Crippen molar-refractivity contribution in [1.82, 2.24) is 5.32 Å². The van der Waals surface area contributed by atoms with Crippen LogP contribution in [0.25, 0.3) is 0 Å². The van der Waals surface area contributed by atoms with E-state index in [9.17, 15) is 9.59 Å². The van der Waals surface area contributed by atoms with E-state index in [-0.39, 0.29) is 5.97 Å². The van der Waals surface area contributed by atoms with Crippen molar-refractivity contribution in [1.29, 1.82) is 0 Å². The topological polar surface area (TPSA) is 75.6 Å². The Bertz CT molecular complexity index is 157. The zero-order valence-electron chi connectivity index (χ0n) is 7.00. The molecule has 0 aliphatic rings. The van der Waals surface area contributed by atoms with Gasteiger partial charge in [0.05, 0.1) is 7.11 Å². The molecule has 12 heavy (non-hydrogen) atoms. The van der Waals surface area contributed by atoms with Gasteiger partial charge in [0.2, 0.25) is 0 Å². The number of amides is 1. The summed E-state index contributed by atoms with van der Waals surface area (Å²) in [6.07, 6.45) is 0.611. The van der Waals surface area contributed by atoms with E-state index in [0.717, 1.165) is 0 Å². The zero-order chi connectivity index (χ0) is 9.40. The second-order valence-corrected chi connectivity index (χ2v) is 2.27. The normalized spacial score (nSPS) is 9.08. The summed E-state index contributed by atoms with van der Waals surface area (Å²) in [6.45, 7) is 0.381. The number of ether oxygens (including phenoxy) is 1. The van der Waals surface area contributed by atoms with E-state index in [2.05, 4.69) is 10.1 Å². The smallest absolute Gasteiger partial charge is 0.404 e. The molecule has 0 spiro atoms. The van der Waals surface area contributed by atoms with Crippen LogP contribution in [0, 0.1) is 0 Å². The minimum absolute atomic E-state index is 0.259. The van der Waals surface area contributed by atoms with Gasteiger partial charge in [-0.3, -0.25) is 4.79 Å². The SMILES string of the molecule is COC(=O)CCCCNC(=O)O. The number of esters is 1. The van der Waals surface area contributed by atoms with Gasteiger partial charge in [-0.05, 0) is 12.8 Å². The van der Waals surface area contributed by atoms with Crippen LogP contribution in [0.15, 0.2) is 0 Å². The summed E-state index contributed by atoms with van der Waals surface area (Å²) in [4.78, 5) is 20.5. The highest BCUT2D eigenvalue weighted by Crippen LogP contribution is 1.95. The number of hydrogen-bond donors (Lipinski definition) is 2. The molecule has 0 aliphatic heterocycles. The van der Waals surface area contributed by atoms with Gasteiger partial charge in [-0.2, -0.15) is 0 Å². The van der Waals surface area contributed by atoms with E-state index in [1.54, 1.807) is 0 Å². The van der Waals surface area contributed by atoms with Gasteiger partial charge in [-0.15, -0.1) is 0 Å². The lowest BCUT2D eigenvalue weighted by molar-refractivity contribution is -0.140. The van der Waals surface area contributed by atoms with Gasteiger partial charge in [0.25, 0.3) is 0 Å². The Hall–Kier alpha value is -1.26. The molecule has 0 aromatic rings. The minimum atomic E-state index is -1.03. The molecule has 0 aromatic carbocycles. The third-order valence-electron chi connectivity index (χ3n) is 1.31. The van der Waals surface area contributed by atoms with Crippen molar-refractivity contribution in [2.24, 2.45) is 0 Å². The lowest BCUT2D eigenvalue weighted by Gasteiger charge is -1.99. The maximum atomic E-state index is 10.5. The maximum Gasteiger partial charge on any atom is 0.404 e. The number of methoxy groups -OCH3 is 1. The van der Waals surface area contributed by atoms with Crippen molar-refractivity contribution in [3.05, 3.63) is 0 Å². The highest BCUT2D eigenvalue weighted by molar-refractivity contribution is 5.69. The van der Waals surface area contributed by atoms with Crippen LogP contribution in [-0.2, 0) is 9.53 Å². The summed E-state index contributed by atoms with van der Waals surface area (Å²) in [6, 6.07) is 0. The molecule has 0 radical (unpaired) electrons. The largest absolute Gasteiger partial charge is 0.469 e. The van der Waals surface area contributed by atoms with Gasteiger partial charge in [-0.1, -0.05) is 0 Å². The molecule has 0 saturated heterocycles. The summed E-state index contributed by atoms with van der Waals surface area (Å²) in [7, 11) is 1.33. The average Bonchev–Trinajstić information content (AvgIpc) is 2.03. The Morgan fingerprint density at radius 2 is 2.08 bits per heavy atom. The van der Waals surface area contributed by atoms with Crippen molar-refractivity contribution in [2.75, 3.05) is 13.7 Å². The van der Waals surface area contributed by atoms with Crippen LogP contribution >= 0.6 is 0 Å². The Morgan fingerprint density at radius 3 is 2.58 bits per heavy atom. The van der Waals surface area contributed by atoms with Crippen molar-refractivity contribution in [3.8, 4) is 0 Å². The number of hydrogen-bond acceptors (Lipinski definition) is 3. The van der Waals surface area contributed by atoms with Crippen LogP contribution < -0.4 is 5.32 Å². The van der Waals surface area contributed by atoms with E-state index in [4.69, 9.17) is 5.11 Å². The van der Waals surface area contributed by atoms with Crippen molar-refractivity contribution in [2.45, 2.75) is 19.3 Å². The van der Waals surface area contributed by atoms with Crippen molar-refractivity contribution >= 4 is 12.1 Å². The fraction of sp³-hybridized carbons (Fsp3) is 0.714. The lowest BCUT2D eigenvalue weighted by atomic mass is 10.2. The molecule has 0 heterocycles. The summed E-state index contributed by atoms with van der Waals surface area (Å²) >= 11 is 0. The first-order valence-corrected chi connectivity index (χ1v) is 3.70. The average molecular weight is 175 g/mol. The molecule has 0 bridgehead atoms. The van der Waals surface area contributed by atoms with Gasteiger partial charge in [0.1, 0.15) is 0 Å². The Kier molecular flexibility index (Phi) is 5.77. The molecule has 70 valence electrons. The quantitative estimate of drug-likeness (QED) is 0.474. The molecule has 0 rings (SSSR count). The number of unbranched alkanes of at least 4 members (excludes halogenated alkanes) is 1. The summed E-state index contributed by atoms with van der Waals surface area (Å²) in [5.41, 5.74) is 0. The third-order valence-corrected chi connectivity index (χ3v) is 1.31. The van der Waals surface area contributed by atoms with Crippen LogP contribution in [-0.4, -0.2) is 30.8 Å². The van der Waals surface area contributed by atoms with Gasteiger partial charge in [-0.25, -0.2) is 4.79 Å². The molecule has 0 saturated carbocycles. The maximum absolute atomic E-state index is 10.5. The van der Waals surface area contributed by atoms with Crippen LogP contribution in [0.5, 0.6) is 0 Å². The predicted octanol–water partition coefficient (Wildman–Crippen LogP) is 0.597. The highest BCUT2D eigenvalue weighted by Gasteiger charge is 1.99. The molecule has 5 heteroatoms. The molecule has 2 N–H and O–H groups in total. The Morgan fingerprint density at radius 1 is 1.42 bits per heavy atom. The Balaban J connectivity index is 3.11. The van der Waals surface area contributed by atoms with Gasteiger partial charge in [0, 0.05) is 13.0 Å². The molecule has 0 unspecified atom stereocenters. The van der Waals surface area contributed by atoms with Crippen LogP contribution in [0.2, 0.25) is 0 Å². The van der Waals surface area contributed by atoms with Crippen LogP contribution in [0.1, 0.15) is 19.3 Å². The minimum Gasteiger partial charge on any atom is -0.469 e. The zero-order valence-corrected chi connectivity index (χ0v) is 7.00. The predicted molar refractivity (Wildman–Crippen MR) is 41.9 cm³/mol. The molecule has 0 aliphatic carbocycles. The summed E-state index contributed by atoms with van der Waals surface area (Å²) in [5, 5.41) is 10.4. The van der Waals surface area contributed by atoms with E-state index in [1.807, 2.05) is 0 Å². The fourth-order valence-electron chi connectivity index (χ4n) is 0.692. The number of carboxylic acid groups (broad SMARTS) is 1. The van der Waals surface area contributed by atoms with Gasteiger partial charge >= 0.3 is 12.1 Å². The van der Waals surface area contributed by atoms with Gasteiger partial charge in [0.15, 0.2) is 0 Å². The number of nitrogens with one attached hydrogen (secondary N) is 1. The summed E-state index contributed by atoms with van der Waals surface area (Å²) < 4.78 is 4.40. The van der Waals surface area contributed by atoms with Gasteiger partial charge < -0.3 is 15.2 Å². The highest BCUT2D eigenvalue weighted by atomic mass is 16.5. The van der Waals surface area contributed by atoms with Crippen molar-refractivity contribution in [3.63, 3.8) is 0 Å². The fourth-order valence-corrected chi connectivity index (χ4v) is 0.692. The molecule has 5 nitrogen and oxygen atoms in total. The Labute approximate surface area is 70.7 Å². The first kappa shape index (κ1) is 10.7. The van der Waals surface area contributed by atoms with Crippen LogP contribution in [0.3, 0.4) is 0 Å². The molecule has 0 fully saturated rings. The first-order chi connectivity index (χ1) is 5.66. The number of carbonyl (C=O) groups excluding carboxylic acids is 1. The van der Waals surface area contributed by atoms with Crippen molar-refractivity contribution < 1.29 is 19.4 Å². The monoisotopic (exact) mass is 175 g/mol. The lowest BCUT2D eigenvalue weighted by Crippen LogP contribution is -2.21.